The zero-order valence-electron chi connectivity index (χ0n) is 5.84. The highest BCUT2D eigenvalue weighted by atomic mass is 35.5. The van der Waals surface area contributed by atoms with Gasteiger partial charge in [-0.3, -0.25) is 0 Å². The van der Waals surface area contributed by atoms with E-state index < -0.39 is 0 Å². The van der Waals surface area contributed by atoms with E-state index in [1.807, 2.05) is 19.1 Å². The maximum atomic E-state index is 5.52. The largest absolute Gasteiger partial charge is 0.408 e. The minimum absolute atomic E-state index is 0.137. The van der Waals surface area contributed by atoms with E-state index in [1.165, 1.54) is 0 Å². The first kappa shape index (κ1) is 6.61. The van der Waals surface area contributed by atoms with Crippen LogP contribution in [-0.4, -0.2) is 9.97 Å². The van der Waals surface area contributed by atoms with Crippen LogP contribution < -0.4 is 0 Å². The summed E-state index contributed by atoms with van der Waals surface area (Å²) >= 11 is 5.52. The normalized spacial score (nSPS) is 10.7. The monoisotopic (exact) mass is 168 g/mol. The lowest BCUT2D eigenvalue weighted by atomic mass is 10.4. The molecule has 0 spiro atoms. The molecule has 2 aromatic heterocycles. The van der Waals surface area contributed by atoms with E-state index in [1.54, 1.807) is 0 Å². The van der Waals surface area contributed by atoms with Crippen molar-refractivity contribution in [1.29, 1.82) is 0 Å². The maximum absolute atomic E-state index is 5.52. The highest BCUT2D eigenvalue weighted by Crippen LogP contribution is 2.16. The molecule has 0 atom stereocenters. The molecule has 11 heavy (non-hydrogen) atoms. The Labute approximate surface area is 68.0 Å². The number of halogens is 1. The predicted molar refractivity (Wildman–Crippen MR) is 41.6 cm³/mol. The van der Waals surface area contributed by atoms with Crippen LogP contribution in [0.4, 0.5) is 0 Å². The topological polar surface area (TPSA) is 38.9 Å². The molecular weight excluding hydrogens is 164 g/mol. The average molecular weight is 169 g/mol. The Hall–Kier alpha value is -1.09. The molecule has 2 aromatic rings. The second kappa shape index (κ2) is 2.20. The first-order valence-corrected chi connectivity index (χ1v) is 3.53. The molecule has 0 amide bonds. The highest BCUT2D eigenvalue weighted by Gasteiger charge is 2.02. The van der Waals surface area contributed by atoms with Crippen molar-refractivity contribution < 1.29 is 4.42 Å². The van der Waals surface area contributed by atoms with E-state index >= 15 is 0 Å². The summed E-state index contributed by atoms with van der Waals surface area (Å²) in [4.78, 5) is 7.97. The van der Waals surface area contributed by atoms with Crippen LogP contribution >= 0.6 is 11.6 Å². The highest BCUT2D eigenvalue weighted by molar-refractivity contribution is 6.28. The number of aromatic nitrogens is 2. The second-order valence-electron chi connectivity index (χ2n) is 2.24. The maximum Gasteiger partial charge on any atom is 0.294 e. The fraction of sp³-hybridized carbons (Fsp3) is 0.143. The molecule has 3 nitrogen and oxygen atoms in total. The third-order valence-electron chi connectivity index (χ3n) is 1.37. The molecule has 0 fully saturated rings. The van der Waals surface area contributed by atoms with Crippen molar-refractivity contribution in [2.75, 3.05) is 0 Å². The molecular formula is C7H5ClN2O. The van der Waals surface area contributed by atoms with Crippen LogP contribution in [0.25, 0.3) is 11.2 Å². The molecule has 56 valence electrons. The number of hydrogen-bond acceptors (Lipinski definition) is 3. The fourth-order valence-corrected chi connectivity index (χ4v) is 1.05. The van der Waals surface area contributed by atoms with Crippen LogP contribution in [0.3, 0.4) is 0 Å². The van der Waals surface area contributed by atoms with Crippen molar-refractivity contribution >= 4 is 22.8 Å². The molecule has 0 aromatic carbocycles. The second-order valence-corrected chi connectivity index (χ2v) is 2.57. The molecule has 0 radical (unpaired) electrons. The zero-order chi connectivity index (χ0) is 7.84. The van der Waals surface area contributed by atoms with Gasteiger partial charge in [0.25, 0.3) is 5.35 Å². The van der Waals surface area contributed by atoms with Gasteiger partial charge in [0.15, 0.2) is 0 Å². The van der Waals surface area contributed by atoms with Crippen molar-refractivity contribution in [1.82, 2.24) is 9.97 Å². The number of hydrogen-bond donors (Lipinski definition) is 0. The summed E-state index contributed by atoms with van der Waals surface area (Å²) in [5, 5.41) is 0.137. The van der Waals surface area contributed by atoms with Gasteiger partial charge >= 0.3 is 0 Å². The van der Waals surface area contributed by atoms with E-state index in [2.05, 4.69) is 9.97 Å². The lowest BCUT2D eigenvalue weighted by Crippen LogP contribution is -1.78. The fourth-order valence-electron chi connectivity index (χ4n) is 0.883. The van der Waals surface area contributed by atoms with Crippen LogP contribution in [-0.2, 0) is 0 Å². The SMILES string of the molecule is Cc1ccc2nc(Cl)oc2n1. The van der Waals surface area contributed by atoms with Gasteiger partial charge in [0.1, 0.15) is 5.52 Å². The van der Waals surface area contributed by atoms with Crippen molar-refractivity contribution in [2.45, 2.75) is 6.92 Å². The van der Waals surface area contributed by atoms with Gasteiger partial charge in [0.05, 0.1) is 0 Å². The quantitative estimate of drug-likeness (QED) is 0.605. The van der Waals surface area contributed by atoms with Crippen molar-refractivity contribution in [3.63, 3.8) is 0 Å². The standard InChI is InChI=1S/C7H5ClN2O/c1-4-2-3-5-6(9-4)11-7(8)10-5/h2-3H,1H3. The third-order valence-corrected chi connectivity index (χ3v) is 1.53. The van der Waals surface area contributed by atoms with Gasteiger partial charge in [-0.05, 0) is 30.7 Å². The first-order chi connectivity index (χ1) is 5.25. The summed E-state index contributed by atoms with van der Waals surface area (Å²) in [6.45, 7) is 1.88. The number of nitrogens with zero attached hydrogens (tertiary/aromatic N) is 2. The van der Waals surface area contributed by atoms with Crippen molar-refractivity contribution in [3.8, 4) is 0 Å². The van der Waals surface area contributed by atoms with Gasteiger partial charge in [-0.25, -0.2) is 4.98 Å². The van der Waals surface area contributed by atoms with E-state index in [9.17, 15) is 0 Å². The molecule has 0 aliphatic carbocycles. The molecule has 0 N–H and O–H groups in total. The Kier molecular flexibility index (Phi) is 1.32. The molecule has 0 saturated carbocycles. The minimum atomic E-state index is 0.137. The summed E-state index contributed by atoms with van der Waals surface area (Å²) in [6.07, 6.45) is 0. The van der Waals surface area contributed by atoms with Gasteiger partial charge in [-0.15, -0.1) is 0 Å². The lowest BCUT2D eigenvalue weighted by Gasteiger charge is -1.86. The summed E-state index contributed by atoms with van der Waals surface area (Å²) in [5.74, 6) is 0. The Morgan fingerprint density at radius 2 is 2.18 bits per heavy atom. The number of fused-ring (bicyclic) bond motifs is 1. The van der Waals surface area contributed by atoms with E-state index in [0.717, 1.165) is 5.69 Å². The van der Waals surface area contributed by atoms with Crippen LogP contribution in [0.1, 0.15) is 5.69 Å². The Bertz CT molecular complexity index is 396. The van der Waals surface area contributed by atoms with Gasteiger partial charge in [-0.1, -0.05) is 0 Å². The smallest absolute Gasteiger partial charge is 0.294 e. The number of rotatable bonds is 0. The Balaban J connectivity index is 2.82. The Morgan fingerprint density at radius 1 is 1.36 bits per heavy atom. The molecule has 4 heteroatoms. The Morgan fingerprint density at radius 3 is 3.00 bits per heavy atom. The predicted octanol–water partition coefficient (Wildman–Crippen LogP) is 2.18. The van der Waals surface area contributed by atoms with Crippen molar-refractivity contribution in [3.05, 3.63) is 23.2 Å². The molecule has 2 rings (SSSR count). The van der Waals surface area contributed by atoms with Crippen molar-refractivity contribution in [2.24, 2.45) is 0 Å². The van der Waals surface area contributed by atoms with Crippen LogP contribution in [0, 0.1) is 6.92 Å². The zero-order valence-corrected chi connectivity index (χ0v) is 6.59. The number of pyridine rings is 1. The summed E-state index contributed by atoms with van der Waals surface area (Å²) in [7, 11) is 0. The summed E-state index contributed by atoms with van der Waals surface area (Å²) < 4.78 is 4.99. The third kappa shape index (κ3) is 1.07. The van der Waals surface area contributed by atoms with E-state index in [0.29, 0.717) is 11.2 Å². The number of oxazole rings is 1. The van der Waals surface area contributed by atoms with Crippen LogP contribution in [0.2, 0.25) is 5.35 Å². The van der Waals surface area contributed by atoms with Gasteiger partial charge in [-0.2, -0.15) is 4.98 Å². The molecule has 0 aliphatic heterocycles. The van der Waals surface area contributed by atoms with Gasteiger partial charge < -0.3 is 4.42 Å². The molecule has 2 heterocycles. The molecule has 0 saturated heterocycles. The average Bonchev–Trinajstić information content (AvgIpc) is 2.27. The van der Waals surface area contributed by atoms with Gasteiger partial charge in [0, 0.05) is 5.69 Å². The van der Waals surface area contributed by atoms with E-state index in [-0.39, 0.29) is 5.35 Å². The minimum Gasteiger partial charge on any atom is -0.408 e. The molecule has 0 unspecified atom stereocenters. The lowest BCUT2D eigenvalue weighted by molar-refractivity contribution is 0.592. The van der Waals surface area contributed by atoms with E-state index in [4.69, 9.17) is 16.0 Å². The molecule has 0 bridgehead atoms. The van der Waals surface area contributed by atoms with Gasteiger partial charge in [0.2, 0.25) is 5.71 Å². The first-order valence-electron chi connectivity index (χ1n) is 3.15. The molecule has 0 aliphatic rings. The van der Waals surface area contributed by atoms with Crippen LogP contribution in [0.15, 0.2) is 16.5 Å². The van der Waals surface area contributed by atoms with Crippen LogP contribution in [0.5, 0.6) is 0 Å². The summed E-state index contributed by atoms with van der Waals surface area (Å²) in [6, 6.07) is 3.69. The number of aryl methyl sites for hydroxylation is 1. The summed E-state index contributed by atoms with van der Waals surface area (Å²) in [5.41, 5.74) is 2.08.